The van der Waals surface area contributed by atoms with Crippen molar-refractivity contribution in [1.82, 2.24) is 9.97 Å². The van der Waals surface area contributed by atoms with E-state index in [2.05, 4.69) is 34.2 Å². The molecule has 1 aliphatic rings. The molecule has 2 heteroatoms. The van der Waals surface area contributed by atoms with Crippen LogP contribution in [0.4, 0.5) is 0 Å². The van der Waals surface area contributed by atoms with Crippen LogP contribution in [0.25, 0.3) is 21.8 Å². The van der Waals surface area contributed by atoms with Crippen molar-refractivity contribution in [1.29, 1.82) is 0 Å². The molecule has 0 spiro atoms. The number of pyridine rings is 1. The Bertz CT molecular complexity index is 709. The highest BCUT2D eigenvalue weighted by Gasteiger charge is 2.17. The van der Waals surface area contributed by atoms with Crippen molar-refractivity contribution in [2.75, 3.05) is 0 Å². The number of para-hydroxylation sites is 1. The minimum absolute atomic E-state index is 1.10. The number of aromatic nitrogens is 2. The first-order valence-electron chi connectivity index (χ1n) is 6.30. The van der Waals surface area contributed by atoms with Gasteiger partial charge < -0.3 is 4.98 Å². The summed E-state index contributed by atoms with van der Waals surface area (Å²) in [5.41, 5.74) is 5.28. The lowest BCUT2D eigenvalue weighted by molar-refractivity contribution is 0.680. The lowest BCUT2D eigenvalue weighted by atomic mass is 9.94. The zero-order valence-corrected chi connectivity index (χ0v) is 9.66. The van der Waals surface area contributed by atoms with Crippen LogP contribution in [0.2, 0.25) is 0 Å². The number of hydrogen-bond acceptors (Lipinski definition) is 1. The monoisotopic (exact) mass is 222 g/mol. The number of nitrogens with one attached hydrogen (secondary N) is 1. The number of H-pyrrole nitrogens is 1. The van der Waals surface area contributed by atoms with Gasteiger partial charge in [0, 0.05) is 16.5 Å². The molecular weight excluding hydrogens is 208 g/mol. The SMILES string of the molecule is c1ccc2c(c1)ncc1[nH]c3c(c12)CCCC3. The Morgan fingerprint density at radius 2 is 1.94 bits per heavy atom. The van der Waals surface area contributed by atoms with E-state index < -0.39 is 0 Å². The second kappa shape index (κ2) is 3.33. The van der Waals surface area contributed by atoms with Crippen LogP contribution in [0.15, 0.2) is 30.5 Å². The molecule has 0 radical (unpaired) electrons. The summed E-state index contributed by atoms with van der Waals surface area (Å²) in [6, 6.07) is 8.44. The average molecular weight is 222 g/mol. The van der Waals surface area contributed by atoms with Crippen molar-refractivity contribution in [3.8, 4) is 0 Å². The van der Waals surface area contributed by atoms with Gasteiger partial charge in [-0.3, -0.25) is 4.98 Å². The van der Waals surface area contributed by atoms with Crippen LogP contribution >= 0.6 is 0 Å². The van der Waals surface area contributed by atoms with Crippen molar-refractivity contribution in [2.24, 2.45) is 0 Å². The highest BCUT2D eigenvalue weighted by molar-refractivity contribution is 6.06. The van der Waals surface area contributed by atoms with Gasteiger partial charge >= 0.3 is 0 Å². The van der Waals surface area contributed by atoms with E-state index in [1.165, 1.54) is 53.2 Å². The number of rotatable bonds is 0. The Labute approximate surface area is 99.7 Å². The third kappa shape index (κ3) is 1.24. The van der Waals surface area contributed by atoms with Gasteiger partial charge in [-0.1, -0.05) is 18.2 Å². The summed E-state index contributed by atoms with van der Waals surface area (Å²) in [6.45, 7) is 0. The summed E-state index contributed by atoms with van der Waals surface area (Å²) >= 11 is 0. The maximum absolute atomic E-state index is 4.52. The van der Waals surface area contributed by atoms with Gasteiger partial charge in [0.25, 0.3) is 0 Å². The molecule has 0 saturated carbocycles. The third-order valence-corrected chi connectivity index (χ3v) is 3.83. The van der Waals surface area contributed by atoms with E-state index in [9.17, 15) is 0 Å². The van der Waals surface area contributed by atoms with Crippen molar-refractivity contribution >= 4 is 21.8 Å². The van der Waals surface area contributed by atoms with Crippen LogP contribution in [0.3, 0.4) is 0 Å². The molecule has 1 aliphatic carbocycles. The van der Waals surface area contributed by atoms with Crippen molar-refractivity contribution in [3.05, 3.63) is 41.7 Å². The Hall–Kier alpha value is -1.83. The molecule has 2 heterocycles. The Morgan fingerprint density at radius 1 is 1.06 bits per heavy atom. The van der Waals surface area contributed by atoms with Crippen LogP contribution in [-0.4, -0.2) is 9.97 Å². The first-order valence-corrected chi connectivity index (χ1v) is 6.30. The van der Waals surface area contributed by atoms with Crippen LogP contribution in [0.1, 0.15) is 24.1 Å². The molecule has 2 nitrogen and oxygen atoms in total. The maximum Gasteiger partial charge on any atom is 0.0709 e. The standard InChI is InChI=1S/C15H14N2/c1-3-7-12-10(5-1)15-11-6-2-4-8-13(11)17-14(15)9-16-12/h1,3,5,7,9,17H,2,4,6,8H2. The quantitative estimate of drug-likeness (QED) is 0.618. The number of aryl methyl sites for hydroxylation is 2. The van der Waals surface area contributed by atoms with Gasteiger partial charge in [-0.05, 0) is 37.3 Å². The lowest BCUT2D eigenvalue weighted by Crippen LogP contribution is -2.00. The predicted octanol–water partition coefficient (Wildman–Crippen LogP) is 3.59. The summed E-state index contributed by atoms with van der Waals surface area (Å²) in [5, 5.41) is 2.70. The zero-order valence-electron chi connectivity index (χ0n) is 9.66. The number of benzene rings is 1. The van der Waals surface area contributed by atoms with Gasteiger partial charge in [-0.2, -0.15) is 0 Å². The number of nitrogens with zero attached hydrogens (tertiary/aromatic N) is 1. The summed E-state index contributed by atoms with van der Waals surface area (Å²) < 4.78 is 0. The summed E-state index contributed by atoms with van der Waals surface area (Å²) in [4.78, 5) is 8.07. The van der Waals surface area contributed by atoms with Crippen LogP contribution < -0.4 is 0 Å². The van der Waals surface area contributed by atoms with Gasteiger partial charge in [-0.15, -0.1) is 0 Å². The molecule has 0 fully saturated rings. The molecule has 0 amide bonds. The van der Waals surface area contributed by atoms with Gasteiger partial charge in [0.2, 0.25) is 0 Å². The summed E-state index contributed by atoms with van der Waals surface area (Å²) in [5.74, 6) is 0. The van der Waals surface area contributed by atoms with Gasteiger partial charge in [-0.25, -0.2) is 0 Å². The van der Waals surface area contributed by atoms with Crippen molar-refractivity contribution < 1.29 is 0 Å². The zero-order chi connectivity index (χ0) is 11.2. The van der Waals surface area contributed by atoms with E-state index in [0.29, 0.717) is 0 Å². The number of fused-ring (bicyclic) bond motifs is 5. The number of hydrogen-bond donors (Lipinski definition) is 1. The lowest BCUT2D eigenvalue weighted by Gasteiger charge is -2.11. The average Bonchev–Trinajstić information content (AvgIpc) is 2.77. The molecule has 0 saturated heterocycles. The fourth-order valence-electron chi connectivity index (χ4n) is 3.04. The van der Waals surface area contributed by atoms with E-state index in [4.69, 9.17) is 0 Å². The van der Waals surface area contributed by atoms with Crippen molar-refractivity contribution in [3.63, 3.8) is 0 Å². The summed E-state index contributed by atoms with van der Waals surface area (Å²) in [7, 11) is 0. The van der Waals surface area contributed by atoms with Crippen LogP contribution in [-0.2, 0) is 12.8 Å². The molecule has 0 atom stereocenters. The van der Waals surface area contributed by atoms with Gasteiger partial charge in [0.1, 0.15) is 0 Å². The molecule has 4 rings (SSSR count). The van der Waals surface area contributed by atoms with Crippen molar-refractivity contribution in [2.45, 2.75) is 25.7 Å². The van der Waals surface area contributed by atoms with E-state index in [1.807, 2.05) is 6.20 Å². The molecule has 0 aliphatic heterocycles. The molecule has 3 aromatic rings. The molecule has 2 aromatic heterocycles. The van der Waals surface area contributed by atoms with E-state index in [-0.39, 0.29) is 0 Å². The molecule has 17 heavy (non-hydrogen) atoms. The number of aromatic amines is 1. The fraction of sp³-hybridized carbons (Fsp3) is 0.267. The Morgan fingerprint density at radius 3 is 2.94 bits per heavy atom. The van der Waals surface area contributed by atoms with Gasteiger partial charge in [0.15, 0.2) is 0 Å². The minimum atomic E-state index is 1.10. The maximum atomic E-state index is 4.52. The molecule has 0 unspecified atom stereocenters. The highest BCUT2D eigenvalue weighted by Crippen LogP contribution is 2.33. The first-order chi connectivity index (χ1) is 8.43. The molecule has 1 aromatic carbocycles. The minimum Gasteiger partial charge on any atom is -0.357 e. The Balaban J connectivity index is 2.20. The van der Waals surface area contributed by atoms with E-state index in [1.54, 1.807) is 0 Å². The van der Waals surface area contributed by atoms with Crippen LogP contribution in [0, 0.1) is 0 Å². The van der Waals surface area contributed by atoms with E-state index >= 15 is 0 Å². The predicted molar refractivity (Wildman–Crippen MR) is 70.2 cm³/mol. The second-order valence-electron chi connectivity index (χ2n) is 4.85. The molecule has 0 bridgehead atoms. The Kier molecular flexibility index (Phi) is 1.81. The largest absolute Gasteiger partial charge is 0.357 e. The topological polar surface area (TPSA) is 28.7 Å². The summed E-state index contributed by atoms with van der Waals surface area (Å²) in [6.07, 6.45) is 7.01. The second-order valence-corrected chi connectivity index (χ2v) is 4.85. The molecule has 1 N–H and O–H groups in total. The van der Waals surface area contributed by atoms with Crippen LogP contribution in [0.5, 0.6) is 0 Å². The highest BCUT2D eigenvalue weighted by atomic mass is 14.8. The fourth-order valence-corrected chi connectivity index (χ4v) is 3.04. The first kappa shape index (κ1) is 9.23. The smallest absolute Gasteiger partial charge is 0.0709 e. The van der Waals surface area contributed by atoms with E-state index in [0.717, 1.165) is 5.52 Å². The van der Waals surface area contributed by atoms with Gasteiger partial charge in [0.05, 0.1) is 17.2 Å². The third-order valence-electron chi connectivity index (χ3n) is 3.83. The normalized spacial score (nSPS) is 15.3. The molecular formula is C15H14N2. The molecule has 84 valence electrons.